The summed E-state index contributed by atoms with van der Waals surface area (Å²) in [7, 11) is 2.00. The molecule has 0 N–H and O–H groups in total. The van der Waals surface area contributed by atoms with Crippen LogP contribution in [0.15, 0.2) is 62.9 Å². The van der Waals surface area contributed by atoms with Gasteiger partial charge in [0.1, 0.15) is 11.6 Å². The first-order valence-corrected chi connectivity index (χ1v) is 9.68. The summed E-state index contributed by atoms with van der Waals surface area (Å²) >= 11 is 3.62. The smallest absolute Gasteiger partial charge is 0.129 e. The molecule has 1 aliphatic carbocycles. The Bertz CT molecular complexity index is 737. The minimum atomic E-state index is -0.214. The van der Waals surface area contributed by atoms with Crippen molar-refractivity contribution in [1.29, 1.82) is 0 Å². The lowest BCUT2D eigenvalue weighted by Crippen LogP contribution is -2.14. The first-order chi connectivity index (χ1) is 12.5. The summed E-state index contributed by atoms with van der Waals surface area (Å²) in [6.45, 7) is 5.61. The highest BCUT2D eigenvalue weighted by atomic mass is 79.9. The average molecular weight is 421 g/mol. The maximum Gasteiger partial charge on any atom is 0.129 e. The molecule has 1 aromatic carbocycles. The highest BCUT2D eigenvalue weighted by Gasteiger charge is 2.10. The van der Waals surface area contributed by atoms with Crippen LogP contribution in [-0.4, -0.2) is 31.4 Å². The van der Waals surface area contributed by atoms with Crippen LogP contribution in [0.25, 0.3) is 0 Å². The zero-order valence-corrected chi connectivity index (χ0v) is 17.2. The minimum Gasteiger partial charge on any atom is -0.492 e. The molecule has 0 amide bonds. The van der Waals surface area contributed by atoms with Crippen molar-refractivity contribution in [3.63, 3.8) is 0 Å². The maximum absolute atomic E-state index is 13.3. The SMILES string of the molecule is CCN(C)C=NC1=C(\C)CCC=C(OCCc2cccc(F)c2)/C(Br)=C\1. The first kappa shape index (κ1) is 20.4. The van der Waals surface area contributed by atoms with Crippen molar-refractivity contribution in [2.24, 2.45) is 4.99 Å². The Labute approximate surface area is 164 Å². The van der Waals surface area contributed by atoms with E-state index in [4.69, 9.17) is 4.74 Å². The monoisotopic (exact) mass is 420 g/mol. The van der Waals surface area contributed by atoms with E-state index in [-0.39, 0.29) is 5.82 Å². The van der Waals surface area contributed by atoms with Gasteiger partial charge in [0.2, 0.25) is 0 Å². The molecule has 0 unspecified atom stereocenters. The Kier molecular flexibility index (Phi) is 8.10. The Morgan fingerprint density at radius 1 is 1.38 bits per heavy atom. The van der Waals surface area contributed by atoms with E-state index < -0.39 is 0 Å². The number of aliphatic imine (C=N–C) groups is 1. The van der Waals surface area contributed by atoms with Crippen molar-refractivity contribution in [2.75, 3.05) is 20.2 Å². The molecule has 0 bridgehead atoms. The summed E-state index contributed by atoms with van der Waals surface area (Å²) in [6.07, 6.45) is 8.45. The molecule has 0 radical (unpaired) electrons. The molecule has 0 atom stereocenters. The summed E-state index contributed by atoms with van der Waals surface area (Å²) < 4.78 is 20.1. The number of hydrogen-bond donors (Lipinski definition) is 0. The van der Waals surface area contributed by atoms with Crippen LogP contribution in [0.4, 0.5) is 4.39 Å². The fourth-order valence-corrected chi connectivity index (χ4v) is 2.94. The molecule has 0 saturated carbocycles. The summed E-state index contributed by atoms with van der Waals surface area (Å²) in [5.41, 5.74) is 3.13. The molecular weight excluding hydrogens is 395 g/mol. The summed E-state index contributed by atoms with van der Waals surface area (Å²) in [4.78, 5) is 6.64. The highest BCUT2D eigenvalue weighted by Crippen LogP contribution is 2.27. The van der Waals surface area contributed by atoms with Gasteiger partial charge in [-0.2, -0.15) is 0 Å². The van der Waals surface area contributed by atoms with E-state index in [9.17, 15) is 4.39 Å². The number of nitrogens with zero attached hydrogens (tertiary/aromatic N) is 2. The molecule has 0 heterocycles. The Morgan fingerprint density at radius 3 is 2.92 bits per heavy atom. The summed E-state index contributed by atoms with van der Waals surface area (Å²) in [5, 5.41) is 0. The van der Waals surface area contributed by atoms with Crippen LogP contribution in [-0.2, 0) is 11.2 Å². The zero-order valence-electron chi connectivity index (χ0n) is 15.6. The van der Waals surface area contributed by atoms with Crippen molar-refractivity contribution in [3.8, 4) is 0 Å². The van der Waals surface area contributed by atoms with Gasteiger partial charge in [-0.25, -0.2) is 9.38 Å². The van der Waals surface area contributed by atoms with Gasteiger partial charge >= 0.3 is 0 Å². The molecule has 0 spiro atoms. The van der Waals surface area contributed by atoms with Crippen LogP contribution in [0, 0.1) is 5.82 Å². The lowest BCUT2D eigenvalue weighted by Gasteiger charge is -2.15. The number of rotatable bonds is 7. The third kappa shape index (κ3) is 6.45. The lowest BCUT2D eigenvalue weighted by molar-refractivity contribution is 0.226. The molecular formula is C21H26BrFN2O. The summed E-state index contributed by atoms with van der Waals surface area (Å²) in [5.74, 6) is 0.597. The molecule has 1 aliphatic rings. The number of benzene rings is 1. The van der Waals surface area contributed by atoms with Gasteiger partial charge in [-0.15, -0.1) is 0 Å². The van der Waals surface area contributed by atoms with Crippen molar-refractivity contribution < 1.29 is 9.13 Å². The molecule has 26 heavy (non-hydrogen) atoms. The van der Waals surface area contributed by atoms with Gasteiger partial charge in [0, 0.05) is 20.0 Å². The second-order valence-corrected chi connectivity index (χ2v) is 7.17. The van der Waals surface area contributed by atoms with Crippen LogP contribution in [0.3, 0.4) is 0 Å². The third-order valence-electron chi connectivity index (χ3n) is 4.22. The van der Waals surface area contributed by atoms with E-state index in [1.54, 1.807) is 12.1 Å². The number of ether oxygens (including phenoxy) is 1. The van der Waals surface area contributed by atoms with E-state index in [2.05, 4.69) is 40.8 Å². The fraction of sp³-hybridized carbons (Fsp3) is 0.381. The van der Waals surface area contributed by atoms with E-state index in [0.717, 1.165) is 40.9 Å². The molecule has 2 rings (SSSR count). The van der Waals surface area contributed by atoms with Crippen LogP contribution in [0.5, 0.6) is 0 Å². The normalized spacial score (nSPS) is 20.2. The molecule has 0 aromatic heterocycles. The van der Waals surface area contributed by atoms with Gasteiger partial charge in [-0.3, -0.25) is 0 Å². The average Bonchev–Trinajstić information content (AvgIpc) is 2.62. The lowest BCUT2D eigenvalue weighted by atomic mass is 10.1. The summed E-state index contributed by atoms with van der Waals surface area (Å²) in [6, 6.07) is 6.63. The van der Waals surface area contributed by atoms with E-state index in [0.29, 0.717) is 13.0 Å². The van der Waals surface area contributed by atoms with E-state index >= 15 is 0 Å². The van der Waals surface area contributed by atoms with Crippen molar-refractivity contribution in [2.45, 2.75) is 33.1 Å². The molecule has 1 aromatic rings. The largest absolute Gasteiger partial charge is 0.492 e. The second-order valence-electron chi connectivity index (χ2n) is 6.31. The van der Waals surface area contributed by atoms with Crippen LogP contribution < -0.4 is 0 Å². The highest BCUT2D eigenvalue weighted by molar-refractivity contribution is 9.12. The van der Waals surface area contributed by atoms with Gasteiger partial charge in [0.05, 0.1) is 23.1 Å². The standard InChI is InChI=1S/C21H26BrFN2O/c1-4-25(3)15-24-20-14-19(22)21(10-5-7-16(20)2)26-12-11-17-8-6-9-18(23)13-17/h6,8-10,13-15H,4-5,7,11-12H2,1-3H3/b19-14+,20-16+,21-10?,24-15?. The third-order valence-corrected chi connectivity index (χ3v) is 4.83. The number of halogens is 2. The first-order valence-electron chi connectivity index (χ1n) is 8.88. The molecule has 3 nitrogen and oxygen atoms in total. The second kappa shape index (κ2) is 10.3. The minimum absolute atomic E-state index is 0.214. The van der Waals surface area contributed by atoms with Gasteiger partial charge in [-0.1, -0.05) is 12.1 Å². The number of allylic oxidation sites excluding steroid dienone is 4. The predicted octanol–water partition coefficient (Wildman–Crippen LogP) is 5.60. The van der Waals surface area contributed by atoms with Gasteiger partial charge in [-0.05, 0) is 78.0 Å². The van der Waals surface area contributed by atoms with Gasteiger partial charge < -0.3 is 9.64 Å². The van der Waals surface area contributed by atoms with Gasteiger partial charge in [0.25, 0.3) is 0 Å². The van der Waals surface area contributed by atoms with E-state index in [1.807, 2.05) is 30.4 Å². The maximum atomic E-state index is 13.3. The molecule has 0 saturated heterocycles. The molecule has 0 fully saturated rings. The number of hydrogen-bond acceptors (Lipinski definition) is 2. The van der Waals surface area contributed by atoms with Crippen LogP contribution in [0.1, 0.15) is 32.3 Å². The topological polar surface area (TPSA) is 24.8 Å². The molecule has 0 aliphatic heterocycles. The van der Waals surface area contributed by atoms with Crippen molar-refractivity contribution in [1.82, 2.24) is 4.90 Å². The Morgan fingerprint density at radius 2 is 2.19 bits per heavy atom. The van der Waals surface area contributed by atoms with Crippen LogP contribution >= 0.6 is 15.9 Å². The predicted molar refractivity (Wildman–Crippen MR) is 110 cm³/mol. The fourth-order valence-electron chi connectivity index (χ4n) is 2.45. The quantitative estimate of drug-likeness (QED) is 0.423. The molecule has 140 valence electrons. The van der Waals surface area contributed by atoms with Crippen LogP contribution in [0.2, 0.25) is 0 Å². The molecule has 5 heteroatoms. The Balaban J connectivity index is 2.03. The van der Waals surface area contributed by atoms with Crippen molar-refractivity contribution in [3.05, 3.63) is 69.3 Å². The van der Waals surface area contributed by atoms with Gasteiger partial charge in [0.15, 0.2) is 0 Å². The zero-order chi connectivity index (χ0) is 18.9. The van der Waals surface area contributed by atoms with Crippen molar-refractivity contribution >= 4 is 22.3 Å². The van der Waals surface area contributed by atoms with E-state index in [1.165, 1.54) is 11.6 Å². The Hall–Kier alpha value is -1.88.